The van der Waals surface area contributed by atoms with E-state index < -0.39 is 0 Å². The van der Waals surface area contributed by atoms with Gasteiger partial charge < -0.3 is 5.32 Å². The minimum Gasteiger partial charge on any atom is -0.311 e. The summed E-state index contributed by atoms with van der Waals surface area (Å²) in [6.07, 6.45) is 4.99. The molecule has 82 valence electrons. The summed E-state index contributed by atoms with van der Waals surface area (Å²) in [5, 5.41) is 4.46. The molecule has 0 amide bonds. The van der Waals surface area contributed by atoms with E-state index in [1.807, 2.05) is 12.1 Å². The fraction of sp³-hybridized carbons (Fsp3) is 0.538. The topological polar surface area (TPSA) is 12.0 Å². The summed E-state index contributed by atoms with van der Waals surface area (Å²) in [5.74, 6) is 0. The first-order valence-corrected chi connectivity index (χ1v) is 6.05. The summed E-state index contributed by atoms with van der Waals surface area (Å²) in [7, 11) is 0. The summed E-state index contributed by atoms with van der Waals surface area (Å²) in [4.78, 5) is 0. The van der Waals surface area contributed by atoms with Gasteiger partial charge in [-0.15, -0.1) is 0 Å². The number of piperidine rings is 1. The second-order valence-electron chi connectivity index (χ2n) is 4.75. The minimum atomic E-state index is 0.267. The number of hydrogen-bond acceptors (Lipinski definition) is 1. The van der Waals surface area contributed by atoms with Crippen molar-refractivity contribution in [2.45, 2.75) is 38.1 Å². The molecule has 1 aliphatic heterocycles. The lowest BCUT2D eigenvalue weighted by atomic mass is 9.85. The van der Waals surface area contributed by atoms with Crippen molar-refractivity contribution in [1.82, 2.24) is 5.32 Å². The monoisotopic (exact) mass is 223 g/mol. The highest BCUT2D eigenvalue weighted by atomic mass is 35.5. The van der Waals surface area contributed by atoms with Crippen LogP contribution in [0.4, 0.5) is 0 Å². The second-order valence-corrected chi connectivity index (χ2v) is 5.19. The lowest BCUT2D eigenvalue weighted by molar-refractivity contribution is 0.276. The fourth-order valence-electron chi connectivity index (χ4n) is 2.37. The molecular weight excluding hydrogens is 206 g/mol. The first-order valence-electron chi connectivity index (χ1n) is 5.67. The van der Waals surface area contributed by atoms with Crippen LogP contribution in [0.3, 0.4) is 0 Å². The Morgan fingerprint density at radius 2 is 2.27 bits per heavy atom. The molecule has 1 atom stereocenters. The van der Waals surface area contributed by atoms with Gasteiger partial charge in [0, 0.05) is 10.6 Å². The highest BCUT2D eigenvalue weighted by Gasteiger charge is 2.26. The molecule has 2 heteroatoms. The molecular formula is C13H18ClN. The maximum atomic E-state index is 5.99. The van der Waals surface area contributed by atoms with Crippen LogP contribution in [0.15, 0.2) is 24.3 Å². The number of benzene rings is 1. The van der Waals surface area contributed by atoms with Gasteiger partial charge in [0.15, 0.2) is 0 Å². The predicted molar refractivity (Wildman–Crippen MR) is 65.4 cm³/mol. The van der Waals surface area contributed by atoms with Crippen LogP contribution in [-0.2, 0) is 6.42 Å². The standard InChI is InChI=1S/C13H18ClN/c1-13(7-2-3-8-15-13)10-11-5-4-6-12(14)9-11/h4-6,9,15H,2-3,7-8,10H2,1H3. The zero-order valence-corrected chi connectivity index (χ0v) is 9.98. The molecule has 1 unspecified atom stereocenters. The van der Waals surface area contributed by atoms with E-state index in [2.05, 4.69) is 24.4 Å². The SMILES string of the molecule is CC1(Cc2cccc(Cl)c2)CCCCN1. The van der Waals surface area contributed by atoms with E-state index in [1.165, 1.54) is 24.8 Å². The Hall–Kier alpha value is -0.530. The van der Waals surface area contributed by atoms with E-state index in [4.69, 9.17) is 11.6 Å². The third-order valence-electron chi connectivity index (χ3n) is 3.19. The van der Waals surface area contributed by atoms with Crippen LogP contribution >= 0.6 is 11.6 Å². The molecule has 1 fully saturated rings. The molecule has 1 aromatic carbocycles. The quantitative estimate of drug-likeness (QED) is 0.810. The van der Waals surface area contributed by atoms with Crippen molar-refractivity contribution in [3.63, 3.8) is 0 Å². The van der Waals surface area contributed by atoms with Gasteiger partial charge in [0.05, 0.1) is 0 Å². The molecule has 15 heavy (non-hydrogen) atoms. The van der Waals surface area contributed by atoms with Crippen LogP contribution in [0, 0.1) is 0 Å². The molecule has 0 radical (unpaired) electrons. The first kappa shape index (κ1) is 11.0. The third-order valence-corrected chi connectivity index (χ3v) is 3.43. The minimum absolute atomic E-state index is 0.267. The van der Waals surface area contributed by atoms with Crippen LogP contribution in [0.5, 0.6) is 0 Å². The maximum Gasteiger partial charge on any atom is 0.0408 e. The Balaban J connectivity index is 2.06. The molecule has 0 aromatic heterocycles. The average Bonchev–Trinajstić information content (AvgIpc) is 2.18. The normalized spacial score (nSPS) is 26.5. The Labute approximate surface area is 96.8 Å². The van der Waals surface area contributed by atoms with Crippen LogP contribution in [0.1, 0.15) is 31.7 Å². The van der Waals surface area contributed by atoms with Crippen molar-refractivity contribution >= 4 is 11.6 Å². The van der Waals surface area contributed by atoms with Gasteiger partial charge in [-0.1, -0.05) is 30.2 Å². The van der Waals surface area contributed by atoms with Crippen LogP contribution in [0.25, 0.3) is 0 Å². The highest BCUT2D eigenvalue weighted by molar-refractivity contribution is 6.30. The van der Waals surface area contributed by atoms with Crippen LogP contribution < -0.4 is 5.32 Å². The summed E-state index contributed by atoms with van der Waals surface area (Å²) in [6, 6.07) is 8.20. The summed E-state index contributed by atoms with van der Waals surface area (Å²) in [6.45, 7) is 3.46. The fourth-order valence-corrected chi connectivity index (χ4v) is 2.58. The van der Waals surface area contributed by atoms with Crippen molar-refractivity contribution < 1.29 is 0 Å². The lowest BCUT2D eigenvalue weighted by Gasteiger charge is -2.35. The molecule has 2 rings (SSSR count). The van der Waals surface area contributed by atoms with E-state index >= 15 is 0 Å². The van der Waals surface area contributed by atoms with Crippen LogP contribution in [0.2, 0.25) is 5.02 Å². The van der Waals surface area contributed by atoms with E-state index in [1.54, 1.807) is 0 Å². The highest BCUT2D eigenvalue weighted by Crippen LogP contribution is 2.24. The molecule has 1 aliphatic rings. The molecule has 1 N–H and O–H groups in total. The van der Waals surface area contributed by atoms with Gasteiger partial charge in [0.25, 0.3) is 0 Å². The molecule has 0 spiro atoms. The van der Waals surface area contributed by atoms with Gasteiger partial charge in [0.1, 0.15) is 0 Å². The molecule has 1 aromatic rings. The summed E-state index contributed by atoms with van der Waals surface area (Å²) in [5.41, 5.74) is 1.60. The Kier molecular flexibility index (Phi) is 3.32. The van der Waals surface area contributed by atoms with Gasteiger partial charge in [-0.25, -0.2) is 0 Å². The Bertz CT molecular complexity index is 329. The van der Waals surface area contributed by atoms with E-state index in [-0.39, 0.29) is 5.54 Å². The Morgan fingerprint density at radius 1 is 1.40 bits per heavy atom. The smallest absolute Gasteiger partial charge is 0.0408 e. The molecule has 1 heterocycles. The Morgan fingerprint density at radius 3 is 2.93 bits per heavy atom. The zero-order valence-electron chi connectivity index (χ0n) is 9.22. The van der Waals surface area contributed by atoms with Gasteiger partial charge in [0.2, 0.25) is 0 Å². The number of hydrogen-bond donors (Lipinski definition) is 1. The molecule has 0 aliphatic carbocycles. The lowest BCUT2D eigenvalue weighted by Crippen LogP contribution is -2.47. The summed E-state index contributed by atoms with van der Waals surface area (Å²) >= 11 is 5.99. The summed E-state index contributed by atoms with van der Waals surface area (Å²) < 4.78 is 0. The van der Waals surface area contributed by atoms with Crippen molar-refractivity contribution in [3.8, 4) is 0 Å². The van der Waals surface area contributed by atoms with E-state index in [9.17, 15) is 0 Å². The van der Waals surface area contributed by atoms with Gasteiger partial charge >= 0.3 is 0 Å². The molecule has 1 nitrogen and oxygen atoms in total. The van der Waals surface area contributed by atoms with Crippen molar-refractivity contribution in [3.05, 3.63) is 34.9 Å². The van der Waals surface area contributed by atoms with E-state index in [0.29, 0.717) is 0 Å². The molecule has 0 bridgehead atoms. The molecule has 1 saturated heterocycles. The van der Waals surface area contributed by atoms with Gasteiger partial charge in [-0.3, -0.25) is 0 Å². The van der Waals surface area contributed by atoms with Gasteiger partial charge in [-0.2, -0.15) is 0 Å². The first-order chi connectivity index (χ1) is 7.18. The zero-order chi connectivity index (χ0) is 10.7. The second kappa shape index (κ2) is 4.54. The number of rotatable bonds is 2. The maximum absolute atomic E-state index is 5.99. The number of nitrogens with one attached hydrogen (secondary N) is 1. The van der Waals surface area contributed by atoms with Gasteiger partial charge in [-0.05, 0) is 50.4 Å². The average molecular weight is 224 g/mol. The number of halogens is 1. The van der Waals surface area contributed by atoms with Crippen molar-refractivity contribution in [2.24, 2.45) is 0 Å². The van der Waals surface area contributed by atoms with Crippen molar-refractivity contribution in [2.75, 3.05) is 6.54 Å². The molecule has 0 saturated carbocycles. The predicted octanol–water partition coefficient (Wildman–Crippen LogP) is 3.41. The largest absolute Gasteiger partial charge is 0.311 e. The van der Waals surface area contributed by atoms with E-state index in [0.717, 1.165) is 18.0 Å². The van der Waals surface area contributed by atoms with Crippen LogP contribution in [-0.4, -0.2) is 12.1 Å². The van der Waals surface area contributed by atoms with Crippen molar-refractivity contribution in [1.29, 1.82) is 0 Å². The third kappa shape index (κ3) is 2.96.